The SMILES string of the molecule is CCc1cccc(C(=O)N(C)CCCNC)c1. The smallest absolute Gasteiger partial charge is 0.253 e. The molecule has 1 amide bonds. The molecule has 0 bridgehead atoms. The third-order valence-corrected chi connectivity index (χ3v) is 2.85. The van der Waals surface area contributed by atoms with Crippen LogP contribution in [0.5, 0.6) is 0 Å². The fourth-order valence-electron chi connectivity index (χ4n) is 1.74. The molecule has 0 spiro atoms. The number of nitrogens with zero attached hydrogens (tertiary/aromatic N) is 1. The van der Waals surface area contributed by atoms with Crippen LogP contribution in [-0.2, 0) is 6.42 Å². The van der Waals surface area contributed by atoms with Crippen molar-refractivity contribution in [3.63, 3.8) is 0 Å². The lowest BCUT2D eigenvalue weighted by Crippen LogP contribution is -2.29. The summed E-state index contributed by atoms with van der Waals surface area (Å²) in [6.45, 7) is 3.82. The number of hydrogen-bond donors (Lipinski definition) is 1. The zero-order valence-electron chi connectivity index (χ0n) is 11.0. The van der Waals surface area contributed by atoms with E-state index in [4.69, 9.17) is 0 Å². The van der Waals surface area contributed by atoms with E-state index in [1.165, 1.54) is 5.56 Å². The molecule has 1 aromatic carbocycles. The van der Waals surface area contributed by atoms with Crippen LogP contribution in [0.2, 0.25) is 0 Å². The average molecular weight is 234 g/mol. The Morgan fingerprint density at radius 1 is 1.41 bits per heavy atom. The number of benzene rings is 1. The van der Waals surface area contributed by atoms with E-state index < -0.39 is 0 Å². The van der Waals surface area contributed by atoms with Crippen molar-refractivity contribution in [3.05, 3.63) is 35.4 Å². The van der Waals surface area contributed by atoms with E-state index >= 15 is 0 Å². The van der Waals surface area contributed by atoms with Gasteiger partial charge in [-0.15, -0.1) is 0 Å². The molecule has 0 heterocycles. The minimum atomic E-state index is 0.108. The summed E-state index contributed by atoms with van der Waals surface area (Å²) < 4.78 is 0. The van der Waals surface area contributed by atoms with Gasteiger partial charge in [0.05, 0.1) is 0 Å². The van der Waals surface area contributed by atoms with Gasteiger partial charge in [0.2, 0.25) is 0 Å². The first-order chi connectivity index (χ1) is 8.19. The summed E-state index contributed by atoms with van der Waals surface area (Å²) in [5, 5.41) is 3.08. The first kappa shape index (κ1) is 13.7. The van der Waals surface area contributed by atoms with Crippen molar-refractivity contribution in [2.75, 3.05) is 27.2 Å². The van der Waals surface area contributed by atoms with Crippen LogP contribution in [0.15, 0.2) is 24.3 Å². The Bertz CT molecular complexity index is 363. The van der Waals surface area contributed by atoms with E-state index in [-0.39, 0.29) is 5.91 Å². The van der Waals surface area contributed by atoms with Crippen LogP contribution in [0.4, 0.5) is 0 Å². The van der Waals surface area contributed by atoms with Crippen LogP contribution in [0.25, 0.3) is 0 Å². The van der Waals surface area contributed by atoms with Crippen molar-refractivity contribution < 1.29 is 4.79 Å². The molecule has 0 atom stereocenters. The Balaban J connectivity index is 2.61. The summed E-state index contributed by atoms with van der Waals surface area (Å²) in [5.74, 6) is 0.108. The van der Waals surface area contributed by atoms with Gasteiger partial charge in [-0.3, -0.25) is 4.79 Å². The third kappa shape index (κ3) is 4.19. The highest BCUT2D eigenvalue weighted by molar-refractivity contribution is 5.94. The van der Waals surface area contributed by atoms with E-state index in [9.17, 15) is 4.79 Å². The van der Waals surface area contributed by atoms with Gasteiger partial charge in [0.1, 0.15) is 0 Å². The molecule has 0 saturated heterocycles. The molecular formula is C14H22N2O. The quantitative estimate of drug-likeness (QED) is 0.763. The van der Waals surface area contributed by atoms with Gasteiger partial charge in [-0.2, -0.15) is 0 Å². The van der Waals surface area contributed by atoms with Gasteiger partial charge in [0, 0.05) is 19.2 Å². The lowest BCUT2D eigenvalue weighted by molar-refractivity contribution is 0.0793. The monoisotopic (exact) mass is 234 g/mol. The highest BCUT2D eigenvalue weighted by Gasteiger charge is 2.10. The van der Waals surface area contributed by atoms with Crippen LogP contribution >= 0.6 is 0 Å². The standard InChI is InChI=1S/C14H22N2O/c1-4-12-7-5-8-13(11-12)14(17)16(3)10-6-9-15-2/h5,7-8,11,15H,4,6,9-10H2,1-3H3. The second kappa shape index (κ2) is 7.07. The van der Waals surface area contributed by atoms with Gasteiger partial charge < -0.3 is 10.2 Å². The number of nitrogens with one attached hydrogen (secondary N) is 1. The van der Waals surface area contributed by atoms with Crippen LogP contribution in [0, 0.1) is 0 Å². The maximum absolute atomic E-state index is 12.1. The van der Waals surface area contributed by atoms with Gasteiger partial charge in [-0.25, -0.2) is 0 Å². The summed E-state index contributed by atoms with van der Waals surface area (Å²) in [4.78, 5) is 13.9. The van der Waals surface area contributed by atoms with Crippen LogP contribution in [-0.4, -0.2) is 38.0 Å². The molecule has 94 valence electrons. The van der Waals surface area contributed by atoms with E-state index in [0.29, 0.717) is 0 Å². The van der Waals surface area contributed by atoms with Gasteiger partial charge in [0.15, 0.2) is 0 Å². The highest BCUT2D eigenvalue weighted by Crippen LogP contribution is 2.08. The number of amides is 1. The van der Waals surface area contributed by atoms with E-state index in [2.05, 4.69) is 18.3 Å². The van der Waals surface area contributed by atoms with Gasteiger partial charge in [0.25, 0.3) is 5.91 Å². The average Bonchev–Trinajstić information content (AvgIpc) is 2.38. The van der Waals surface area contributed by atoms with E-state index in [1.807, 2.05) is 32.3 Å². The molecule has 0 aromatic heterocycles. The summed E-state index contributed by atoms with van der Waals surface area (Å²) >= 11 is 0. The number of aryl methyl sites for hydroxylation is 1. The second-order valence-corrected chi connectivity index (χ2v) is 4.24. The Morgan fingerprint density at radius 3 is 2.82 bits per heavy atom. The number of hydrogen-bond acceptors (Lipinski definition) is 2. The van der Waals surface area contributed by atoms with Crippen molar-refractivity contribution >= 4 is 5.91 Å². The lowest BCUT2D eigenvalue weighted by Gasteiger charge is -2.17. The second-order valence-electron chi connectivity index (χ2n) is 4.24. The maximum atomic E-state index is 12.1. The minimum absolute atomic E-state index is 0.108. The predicted octanol–water partition coefficient (Wildman–Crippen LogP) is 1.93. The Kier molecular flexibility index (Phi) is 5.70. The largest absolute Gasteiger partial charge is 0.342 e. The Hall–Kier alpha value is -1.35. The number of carbonyl (C=O) groups excluding carboxylic acids is 1. The van der Waals surface area contributed by atoms with Gasteiger partial charge in [-0.05, 0) is 44.1 Å². The summed E-state index contributed by atoms with van der Waals surface area (Å²) in [7, 11) is 3.78. The molecule has 0 radical (unpaired) electrons. The maximum Gasteiger partial charge on any atom is 0.253 e. The summed E-state index contributed by atoms with van der Waals surface area (Å²) in [5.41, 5.74) is 2.00. The first-order valence-corrected chi connectivity index (χ1v) is 6.18. The molecule has 0 aliphatic carbocycles. The molecule has 1 aromatic rings. The highest BCUT2D eigenvalue weighted by atomic mass is 16.2. The fourth-order valence-corrected chi connectivity index (χ4v) is 1.74. The normalized spacial score (nSPS) is 10.3. The van der Waals surface area contributed by atoms with Crippen molar-refractivity contribution in [3.8, 4) is 0 Å². The number of carbonyl (C=O) groups is 1. The van der Waals surface area contributed by atoms with Crippen LogP contribution in [0.1, 0.15) is 29.3 Å². The van der Waals surface area contributed by atoms with Crippen molar-refractivity contribution in [2.24, 2.45) is 0 Å². The molecule has 0 saturated carbocycles. The summed E-state index contributed by atoms with van der Waals surface area (Å²) in [6, 6.07) is 7.87. The van der Waals surface area contributed by atoms with Crippen LogP contribution < -0.4 is 5.32 Å². The molecule has 3 heteroatoms. The third-order valence-electron chi connectivity index (χ3n) is 2.85. The first-order valence-electron chi connectivity index (χ1n) is 6.18. The molecule has 1 rings (SSSR count). The van der Waals surface area contributed by atoms with Gasteiger partial charge in [-0.1, -0.05) is 19.1 Å². The molecule has 0 fully saturated rings. The van der Waals surface area contributed by atoms with E-state index in [1.54, 1.807) is 4.90 Å². The molecule has 0 aliphatic heterocycles. The Morgan fingerprint density at radius 2 is 2.18 bits per heavy atom. The van der Waals surface area contributed by atoms with Crippen molar-refractivity contribution in [2.45, 2.75) is 19.8 Å². The van der Waals surface area contributed by atoms with E-state index in [0.717, 1.165) is 31.5 Å². The van der Waals surface area contributed by atoms with Gasteiger partial charge >= 0.3 is 0 Å². The fraction of sp³-hybridized carbons (Fsp3) is 0.500. The topological polar surface area (TPSA) is 32.3 Å². The summed E-state index contributed by atoms with van der Waals surface area (Å²) in [6.07, 6.45) is 1.94. The Labute approximate surface area is 104 Å². The molecule has 1 N–H and O–H groups in total. The number of rotatable bonds is 6. The molecule has 0 unspecified atom stereocenters. The predicted molar refractivity (Wildman–Crippen MR) is 71.3 cm³/mol. The minimum Gasteiger partial charge on any atom is -0.342 e. The van der Waals surface area contributed by atoms with Crippen molar-refractivity contribution in [1.82, 2.24) is 10.2 Å². The zero-order chi connectivity index (χ0) is 12.7. The molecule has 3 nitrogen and oxygen atoms in total. The molecular weight excluding hydrogens is 212 g/mol. The molecule has 17 heavy (non-hydrogen) atoms. The molecule has 0 aliphatic rings. The van der Waals surface area contributed by atoms with Crippen molar-refractivity contribution in [1.29, 1.82) is 0 Å². The van der Waals surface area contributed by atoms with Crippen LogP contribution in [0.3, 0.4) is 0 Å². The zero-order valence-corrected chi connectivity index (χ0v) is 11.0. The lowest BCUT2D eigenvalue weighted by atomic mass is 10.1.